The zero-order valence-electron chi connectivity index (χ0n) is 13.2. The maximum Gasteiger partial charge on any atom is 0.185 e. The summed E-state index contributed by atoms with van der Waals surface area (Å²) in [5.41, 5.74) is 1.18. The van der Waals surface area contributed by atoms with Gasteiger partial charge in [0.15, 0.2) is 5.13 Å². The molecule has 0 aromatic carbocycles. The average Bonchev–Trinajstić information content (AvgIpc) is 2.94. The topological polar surface area (TPSA) is 31.4 Å². The fraction of sp³-hybridized carbons (Fsp3) is 0.800. The van der Waals surface area contributed by atoms with E-state index in [1.165, 1.54) is 36.8 Å². The van der Waals surface area contributed by atoms with E-state index in [9.17, 15) is 0 Å². The molecule has 0 spiro atoms. The van der Waals surface area contributed by atoms with Crippen molar-refractivity contribution in [2.45, 2.75) is 45.2 Å². The van der Waals surface area contributed by atoms with Crippen LogP contribution in [0.2, 0.25) is 0 Å². The number of nitrogens with one attached hydrogen (secondary N) is 1. The number of likely N-dealkylation sites (tertiary alicyclic amines) is 1. The Labute approximate surface area is 127 Å². The maximum absolute atomic E-state index is 4.83. The molecule has 1 aliphatic heterocycles. The third kappa shape index (κ3) is 3.93. The number of aromatic nitrogens is 1. The van der Waals surface area contributed by atoms with E-state index < -0.39 is 0 Å². The van der Waals surface area contributed by atoms with Crippen LogP contribution in [0.5, 0.6) is 0 Å². The highest BCUT2D eigenvalue weighted by Gasteiger charge is 2.23. The van der Waals surface area contributed by atoms with Gasteiger partial charge in [-0.3, -0.25) is 0 Å². The molecule has 0 saturated carbocycles. The molecule has 1 saturated heterocycles. The second-order valence-electron chi connectivity index (χ2n) is 5.88. The Morgan fingerprint density at radius 2 is 2.20 bits per heavy atom. The molecular weight excluding hydrogens is 268 g/mol. The van der Waals surface area contributed by atoms with E-state index in [1.807, 2.05) is 0 Å². The molecule has 1 aromatic heterocycles. The fourth-order valence-corrected chi connectivity index (χ4v) is 3.60. The molecule has 0 aliphatic carbocycles. The van der Waals surface area contributed by atoms with Gasteiger partial charge in [0.2, 0.25) is 0 Å². The van der Waals surface area contributed by atoms with Gasteiger partial charge in [0.25, 0.3) is 0 Å². The van der Waals surface area contributed by atoms with Crippen LogP contribution < -0.4 is 10.2 Å². The second-order valence-corrected chi connectivity index (χ2v) is 6.71. The Balaban J connectivity index is 1.93. The van der Waals surface area contributed by atoms with Gasteiger partial charge in [0.1, 0.15) is 0 Å². The lowest BCUT2D eigenvalue weighted by atomic mass is 10.0. The number of piperidine rings is 1. The highest BCUT2D eigenvalue weighted by atomic mass is 32.1. The van der Waals surface area contributed by atoms with Gasteiger partial charge < -0.3 is 15.1 Å². The molecule has 114 valence electrons. The normalized spacial score (nSPS) is 19.2. The molecule has 2 heterocycles. The molecule has 1 N–H and O–H groups in total. The van der Waals surface area contributed by atoms with Crippen LogP contribution in [0.4, 0.5) is 5.13 Å². The number of rotatable bonds is 6. The molecule has 1 aliphatic rings. The first-order valence-corrected chi connectivity index (χ1v) is 8.60. The van der Waals surface area contributed by atoms with E-state index in [1.54, 1.807) is 11.3 Å². The smallest absolute Gasteiger partial charge is 0.185 e. The molecule has 0 radical (unpaired) electrons. The minimum absolute atomic E-state index is 0.353. The van der Waals surface area contributed by atoms with Crippen molar-refractivity contribution in [2.75, 3.05) is 38.6 Å². The molecule has 1 fully saturated rings. The maximum atomic E-state index is 4.83. The molecular formula is C15H28N4S. The average molecular weight is 296 g/mol. The number of thiazole rings is 1. The minimum atomic E-state index is 0.353. The SMILES string of the molecule is CCCNC(C)c1csc(N(C)C2CCN(C)CC2)n1. The van der Waals surface area contributed by atoms with Crippen LogP contribution >= 0.6 is 11.3 Å². The van der Waals surface area contributed by atoms with E-state index >= 15 is 0 Å². The number of hydrogen-bond donors (Lipinski definition) is 1. The Kier molecular flexibility index (Phi) is 5.81. The van der Waals surface area contributed by atoms with Gasteiger partial charge in [-0.05, 0) is 52.9 Å². The number of anilines is 1. The van der Waals surface area contributed by atoms with Crippen molar-refractivity contribution < 1.29 is 0 Å². The lowest BCUT2D eigenvalue weighted by Gasteiger charge is -2.34. The van der Waals surface area contributed by atoms with Gasteiger partial charge >= 0.3 is 0 Å². The summed E-state index contributed by atoms with van der Waals surface area (Å²) in [6, 6.07) is 0.995. The Hall–Kier alpha value is -0.650. The molecule has 5 heteroatoms. The van der Waals surface area contributed by atoms with E-state index in [0.717, 1.165) is 13.0 Å². The second kappa shape index (κ2) is 7.38. The van der Waals surface area contributed by atoms with Gasteiger partial charge in [-0.25, -0.2) is 4.98 Å². The fourth-order valence-electron chi connectivity index (χ4n) is 2.64. The number of nitrogens with zero attached hydrogens (tertiary/aromatic N) is 3. The molecule has 2 rings (SSSR count). The van der Waals surface area contributed by atoms with Crippen molar-refractivity contribution in [1.29, 1.82) is 0 Å². The Bertz CT molecular complexity index is 398. The summed E-state index contributed by atoms with van der Waals surface area (Å²) in [6.45, 7) is 7.84. The standard InChI is InChI=1S/C15H28N4S/c1-5-8-16-12(2)14-11-20-15(17-14)19(4)13-6-9-18(3)10-7-13/h11-13,16H,5-10H2,1-4H3. The summed E-state index contributed by atoms with van der Waals surface area (Å²) in [7, 11) is 4.40. The van der Waals surface area contributed by atoms with Crippen LogP contribution in [-0.4, -0.2) is 49.7 Å². The molecule has 1 unspecified atom stereocenters. The lowest BCUT2D eigenvalue weighted by Crippen LogP contribution is -2.42. The van der Waals surface area contributed by atoms with Crippen LogP contribution in [-0.2, 0) is 0 Å². The van der Waals surface area contributed by atoms with Crippen molar-refractivity contribution >= 4 is 16.5 Å². The predicted octanol–water partition coefficient (Wildman–Crippen LogP) is 2.73. The molecule has 20 heavy (non-hydrogen) atoms. The van der Waals surface area contributed by atoms with Crippen LogP contribution in [0.15, 0.2) is 5.38 Å². The van der Waals surface area contributed by atoms with Gasteiger partial charge in [0, 0.05) is 24.5 Å². The first kappa shape index (κ1) is 15.7. The van der Waals surface area contributed by atoms with Crippen molar-refractivity contribution in [3.05, 3.63) is 11.1 Å². The molecule has 1 aromatic rings. The summed E-state index contributed by atoms with van der Waals surface area (Å²) in [5.74, 6) is 0. The number of hydrogen-bond acceptors (Lipinski definition) is 5. The lowest BCUT2D eigenvalue weighted by molar-refractivity contribution is 0.253. The third-order valence-electron chi connectivity index (χ3n) is 4.19. The Morgan fingerprint density at radius 3 is 2.85 bits per heavy atom. The molecule has 1 atom stereocenters. The van der Waals surface area contributed by atoms with Crippen molar-refractivity contribution in [1.82, 2.24) is 15.2 Å². The summed E-state index contributed by atoms with van der Waals surface area (Å²) < 4.78 is 0. The van der Waals surface area contributed by atoms with Crippen LogP contribution in [0.3, 0.4) is 0 Å². The Morgan fingerprint density at radius 1 is 1.50 bits per heavy atom. The van der Waals surface area contributed by atoms with Crippen LogP contribution in [0.25, 0.3) is 0 Å². The molecule has 0 bridgehead atoms. The van der Waals surface area contributed by atoms with Crippen molar-refractivity contribution in [3.8, 4) is 0 Å². The highest BCUT2D eigenvalue weighted by Crippen LogP contribution is 2.27. The van der Waals surface area contributed by atoms with Gasteiger partial charge in [0.05, 0.1) is 5.69 Å². The summed E-state index contributed by atoms with van der Waals surface area (Å²) in [4.78, 5) is 9.62. The van der Waals surface area contributed by atoms with Gasteiger partial charge in [-0.1, -0.05) is 6.92 Å². The van der Waals surface area contributed by atoms with E-state index in [2.05, 4.69) is 48.4 Å². The predicted molar refractivity (Wildman–Crippen MR) is 87.7 cm³/mol. The quantitative estimate of drug-likeness (QED) is 0.874. The van der Waals surface area contributed by atoms with Crippen LogP contribution in [0.1, 0.15) is 44.8 Å². The third-order valence-corrected chi connectivity index (χ3v) is 5.14. The van der Waals surface area contributed by atoms with Gasteiger partial charge in [-0.2, -0.15) is 0 Å². The van der Waals surface area contributed by atoms with Crippen LogP contribution in [0, 0.1) is 0 Å². The first-order chi connectivity index (χ1) is 9.61. The zero-order chi connectivity index (χ0) is 14.5. The summed E-state index contributed by atoms with van der Waals surface area (Å²) >= 11 is 1.78. The molecule has 4 nitrogen and oxygen atoms in total. The largest absolute Gasteiger partial charge is 0.348 e. The van der Waals surface area contributed by atoms with Crippen molar-refractivity contribution in [3.63, 3.8) is 0 Å². The minimum Gasteiger partial charge on any atom is -0.348 e. The van der Waals surface area contributed by atoms with Crippen molar-refractivity contribution in [2.24, 2.45) is 0 Å². The van der Waals surface area contributed by atoms with E-state index in [4.69, 9.17) is 4.98 Å². The monoisotopic (exact) mass is 296 g/mol. The molecule has 0 amide bonds. The van der Waals surface area contributed by atoms with Gasteiger partial charge in [-0.15, -0.1) is 11.3 Å². The van der Waals surface area contributed by atoms with E-state index in [-0.39, 0.29) is 0 Å². The first-order valence-electron chi connectivity index (χ1n) is 7.72. The summed E-state index contributed by atoms with van der Waals surface area (Å²) in [6.07, 6.45) is 3.65. The summed E-state index contributed by atoms with van der Waals surface area (Å²) in [5, 5.41) is 6.87. The van der Waals surface area contributed by atoms with E-state index in [0.29, 0.717) is 12.1 Å². The zero-order valence-corrected chi connectivity index (χ0v) is 14.0. The highest BCUT2D eigenvalue weighted by molar-refractivity contribution is 7.13.